The predicted molar refractivity (Wildman–Crippen MR) is 75.5 cm³/mol. The molecule has 1 aromatic rings. The number of hydrogen-bond donors (Lipinski definition) is 0. The normalized spacial score (nSPS) is 12.1. The van der Waals surface area contributed by atoms with Gasteiger partial charge in [-0.15, -0.1) is 0 Å². The molecule has 0 unspecified atom stereocenters. The van der Waals surface area contributed by atoms with E-state index in [0.717, 1.165) is 18.4 Å². The van der Waals surface area contributed by atoms with Gasteiger partial charge in [0.15, 0.2) is 0 Å². The summed E-state index contributed by atoms with van der Waals surface area (Å²) in [5.41, 5.74) is 0.954. The van der Waals surface area contributed by atoms with E-state index in [0.29, 0.717) is 18.1 Å². The third-order valence-corrected chi connectivity index (χ3v) is 5.28. The van der Waals surface area contributed by atoms with Gasteiger partial charge < -0.3 is 0 Å². The summed E-state index contributed by atoms with van der Waals surface area (Å²) < 4.78 is 26.4. The lowest BCUT2D eigenvalue weighted by molar-refractivity contribution is 0.419. The predicted octanol–water partition coefficient (Wildman–Crippen LogP) is 3.46. The highest BCUT2D eigenvalue weighted by molar-refractivity contribution is 7.89. The number of sulfonamides is 1. The van der Waals surface area contributed by atoms with Gasteiger partial charge in [-0.3, -0.25) is 0 Å². The Morgan fingerprint density at radius 2 is 1.94 bits per heavy atom. The number of halogens is 1. The summed E-state index contributed by atoms with van der Waals surface area (Å²) in [5, 5.41) is 0.296. The van der Waals surface area contributed by atoms with Crippen LogP contribution in [0.25, 0.3) is 0 Å². The van der Waals surface area contributed by atoms with Crippen LogP contribution in [0.15, 0.2) is 23.1 Å². The van der Waals surface area contributed by atoms with E-state index in [9.17, 15) is 8.42 Å². The zero-order chi connectivity index (χ0) is 13.8. The molecule has 0 N–H and O–H groups in total. The van der Waals surface area contributed by atoms with Crippen molar-refractivity contribution in [1.29, 1.82) is 0 Å². The zero-order valence-electron chi connectivity index (χ0n) is 11.1. The molecule has 0 atom stereocenters. The van der Waals surface area contributed by atoms with Crippen molar-refractivity contribution in [2.45, 2.75) is 38.5 Å². The highest BCUT2D eigenvalue weighted by atomic mass is 35.5. The minimum atomic E-state index is -3.47. The Bertz CT molecular complexity index is 500. The highest BCUT2D eigenvalue weighted by Crippen LogP contribution is 2.25. The van der Waals surface area contributed by atoms with Crippen LogP contribution in [-0.4, -0.2) is 25.8 Å². The number of benzene rings is 1. The summed E-state index contributed by atoms with van der Waals surface area (Å²) in [6, 6.07) is 5.04. The maximum absolute atomic E-state index is 12.4. The van der Waals surface area contributed by atoms with E-state index in [1.165, 1.54) is 4.31 Å². The lowest BCUT2D eigenvalue weighted by atomic mass is 10.2. The van der Waals surface area contributed by atoms with Gasteiger partial charge in [0, 0.05) is 13.1 Å². The molecule has 3 nitrogen and oxygen atoms in total. The molecule has 0 radical (unpaired) electrons. The molecule has 0 heterocycles. The molecule has 0 fully saturated rings. The summed E-state index contributed by atoms with van der Waals surface area (Å²) in [5.74, 6) is 0. The Morgan fingerprint density at radius 3 is 2.44 bits per heavy atom. The van der Waals surface area contributed by atoms with Gasteiger partial charge in [0.25, 0.3) is 0 Å². The molecular weight excluding hydrogens is 270 g/mol. The number of hydrogen-bond acceptors (Lipinski definition) is 2. The van der Waals surface area contributed by atoms with Crippen molar-refractivity contribution in [2.24, 2.45) is 0 Å². The summed E-state index contributed by atoms with van der Waals surface area (Å²) in [7, 11) is -3.47. The van der Waals surface area contributed by atoms with Gasteiger partial charge in [0.05, 0.1) is 5.02 Å². The minimum Gasteiger partial charge on any atom is -0.207 e. The average molecular weight is 290 g/mol. The maximum atomic E-state index is 12.4. The lowest BCUT2D eigenvalue weighted by Gasteiger charge is -2.21. The van der Waals surface area contributed by atoms with Crippen molar-refractivity contribution in [1.82, 2.24) is 4.31 Å². The van der Waals surface area contributed by atoms with Gasteiger partial charge in [0.2, 0.25) is 10.0 Å². The molecule has 102 valence electrons. The standard InChI is InChI=1S/C13H20ClNO2S/c1-4-6-9-15(5-2)18(16,17)13-8-7-11(3)10-12(13)14/h7-8,10H,4-6,9H2,1-3H3. The number of aryl methyl sites for hydroxylation is 1. The quantitative estimate of drug-likeness (QED) is 0.804. The smallest absolute Gasteiger partial charge is 0.207 e. The maximum Gasteiger partial charge on any atom is 0.244 e. The van der Waals surface area contributed by atoms with Gasteiger partial charge >= 0.3 is 0 Å². The number of nitrogens with zero attached hydrogens (tertiary/aromatic N) is 1. The van der Waals surface area contributed by atoms with Gasteiger partial charge in [0.1, 0.15) is 4.90 Å². The second-order valence-electron chi connectivity index (χ2n) is 4.28. The van der Waals surface area contributed by atoms with Crippen LogP contribution < -0.4 is 0 Å². The third-order valence-electron chi connectivity index (χ3n) is 2.82. The van der Waals surface area contributed by atoms with E-state index in [-0.39, 0.29) is 4.90 Å². The molecular formula is C13H20ClNO2S. The van der Waals surface area contributed by atoms with Crippen LogP contribution in [0.2, 0.25) is 5.02 Å². The van der Waals surface area contributed by atoms with Crippen molar-refractivity contribution in [3.8, 4) is 0 Å². The van der Waals surface area contributed by atoms with Crippen LogP contribution in [0.1, 0.15) is 32.3 Å². The topological polar surface area (TPSA) is 37.4 Å². The lowest BCUT2D eigenvalue weighted by Crippen LogP contribution is -2.32. The fourth-order valence-electron chi connectivity index (χ4n) is 1.74. The van der Waals surface area contributed by atoms with Crippen molar-refractivity contribution >= 4 is 21.6 Å². The molecule has 0 aliphatic rings. The fourth-order valence-corrected chi connectivity index (χ4v) is 3.80. The van der Waals surface area contributed by atoms with Crippen LogP contribution in [0.3, 0.4) is 0 Å². The van der Waals surface area contributed by atoms with Gasteiger partial charge in [-0.1, -0.05) is 37.9 Å². The summed E-state index contributed by atoms with van der Waals surface area (Å²) >= 11 is 6.04. The molecule has 0 aromatic heterocycles. The van der Waals surface area contributed by atoms with Crippen molar-refractivity contribution in [2.75, 3.05) is 13.1 Å². The van der Waals surface area contributed by atoms with Crippen molar-refractivity contribution in [3.63, 3.8) is 0 Å². The van der Waals surface area contributed by atoms with E-state index < -0.39 is 10.0 Å². The van der Waals surface area contributed by atoms with E-state index >= 15 is 0 Å². The van der Waals surface area contributed by atoms with Crippen LogP contribution in [-0.2, 0) is 10.0 Å². The van der Waals surface area contributed by atoms with Gasteiger partial charge in [-0.05, 0) is 31.0 Å². The summed E-state index contributed by atoms with van der Waals surface area (Å²) in [4.78, 5) is 0.202. The largest absolute Gasteiger partial charge is 0.244 e. The first-order chi connectivity index (χ1) is 8.43. The number of unbranched alkanes of at least 4 members (excludes halogenated alkanes) is 1. The van der Waals surface area contributed by atoms with Crippen LogP contribution in [0.5, 0.6) is 0 Å². The van der Waals surface area contributed by atoms with Crippen molar-refractivity contribution < 1.29 is 8.42 Å². The van der Waals surface area contributed by atoms with Crippen LogP contribution >= 0.6 is 11.6 Å². The first-order valence-corrected chi connectivity index (χ1v) is 8.01. The van der Waals surface area contributed by atoms with Crippen molar-refractivity contribution in [3.05, 3.63) is 28.8 Å². The molecule has 5 heteroatoms. The third kappa shape index (κ3) is 3.46. The molecule has 0 amide bonds. The Hall–Kier alpha value is -0.580. The first kappa shape index (κ1) is 15.5. The Balaban J connectivity index is 3.10. The van der Waals surface area contributed by atoms with E-state index in [1.807, 2.05) is 20.8 Å². The second-order valence-corrected chi connectivity index (χ2v) is 6.60. The molecule has 0 saturated heterocycles. The van der Waals surface area contributed by atoms with E-state index in [2.05, 4.69) is 0 Å². The van der Waals surface area contributed by atoms with Gasteiger partial charge in [-0.25, -0.2) is 8.42 Å². The summed E-state index contributed by atoms with van der Waals surface area (Å²) in [6.45, 7) is 6.78. The van der Waals surface area contributed by atoms with Gasteiger partial charge in [-0.2, -0.15) is 4.31 Å². The van der Waals surface area contributed by atoms with Crippen LogP contribution in [0.4, 0.5) is 0 Å². The Labute approximate surface area is 115 Å². The average Bonchev–Trinajstić information content (AvgIpc) is 2.29. The molecule has 1 aromatic carbocycles. The molecule has 18 heavy (non-hydrogen) atoms. The highest BCUT2D eigenvalue weighted by Gasteiger charge is 2.24. The van der Waals surface area contributed by atoms with E-state index in [1.54, 1.807) is 18.2 Å². The molecule has 0 aliphatic carbocycles. The SMILES string of the molecule is CCCCN(CC)S(=O)(=O)c1ccc(C)cc1Cl. The first-order valence-electron chi connectivity index (χ1n) is 6.19. The molecule has 0 aliphatic heterocycles. The minimum absolute atomic E-state index is 0.202. The summed E-state index contributed by atoms with van der Waals surface area (Å²) in [6.07, 6.45) is 1.82. The zero-order valence-corrected chi connectivity index (χ0v) is 12.7. The Morgan fingerprint density at radius 1 is 1.28 bits per heavy atom. The molecule has 1 rings (SSSR count). The monoisotopic (exact) mass is 289 g/mol. The molecule has 0 bridgehead atoms. The Kier molecular flexibility index (Phi) is 5.63. The van der Waals surface area contributed by atoms with Crippen LogP contribution in [0, 0.1) is 6.92 Å². The second kappa shape index (κ2) is 6.55. The van der Waals surface area contributed by atoms with E-state index in [4.69, 9.17) is 11.6 Å². The fraction of sp³-hybridized carbons (Fsp3) is 0.538. The number of rotatable bonds is 6. The molecule has 0 saturated carbocycles. The molecule has 0 spiro atoms.